The predicted octanol–water partition coefficient (Wildman–Crippen LogP) is 3.34. The monoisotopic (exact) mass is 221 g/mol. The molecule has 0 amide bonds. The zero-order chi connectivity index (χ0) is 10.8. The molecule has 0 saturated carbocycles. The zero-order valence-electron chi connectivity index (χ0n) is 8.51. The molecule has 78 valence electrons. The second-order valence-electron chi connectivity index (χ2n) is 3.55. The lowest BCUT2D eigenvalue weighted by atomic mass is 10.1. The van der Waals surface area contributed by atoms with E-state index in [0.29, 0.717) is 17.9 Å². The Morgan fingerprint density at radius 2 is 2.27 bits per heavy atom. The number of aromatic amines is 1. The van der Waals surface area contributed by atoms with E-state index in [1.807, 2.05) is 31.3 Å². The number of para-hydroxylation sites is 1. The summed E-state index contributed by atoms with van der Waals surface area (Å²) in [5.41, 5.74) is 1.94. The van der Waals surface area contributed by atoms with Gasteiger partial charge in [0, 0.05) is 24.4 Å². The summed E-state index contributed by atoms with van der Waals surface area (Å²) in [6, 6.07) is 5.72. The van der Waals surface area contributed by atoms with E-state index in [0.717, 1.165) is 16.5 Å². The number of H-pyrrole nitrogens is 1. The van der Waals surface area contributed by atoms with E-state index in [1.165, 1.54) is 0 Å². The SMILES string of the molecule is CCC(=O)Cc1c[nH]c2c(Cl)cccc12. The van der Waals surface area contributed by atoms with Crippen molar-refractivity contribution in [2.75, 3.05) is 0 Å². The van der Waals surface area contributed by atoms with Crippen LogP contribution < -0.4 is 0 Å². The molecule has 0 aliphatic rings. The number of benzene rings is 1. The molecule has 0 spiro atoms. The first-order valence-electron chi connectivity index (χ1n) is 4.98. The lowest BCUT2D eigenvalue weighted by Crippen LogP contribution is -1.99. The van der Waals surface area contributed by atoms with Gasteiger partial charge in [0.15, 0.2) is 0 Å². The van der Waals surface area contributed by atoms with Gasteiger partial charge in [0.05, 0.1) is 10.5 Å². The smallest absolute Gasteiger partial charge is 0.137 e. The van der Waals surface area contributed by atoms with Crippen LogP contribution in [0.5, 0.6) is 0 Å². The molecule has 0 aliphatic heterocycles. The van der Waals surface area contributed by atoms with Gasteiger partial charge in [-0.15, -0.1) is 0 Å². The lowest BCUT2D eigenvalue weighted by molar-refractivity contribution is -0.118. The summed E-state index contributed by atoms with van der Waals surface area (Å²) in [6.45, 7) is 1.88. The Bertz CT molecular complexity index is 501. The fraction of sp³-hybridized carbons (Fsp3) is 0.250. The van der Waals surface area contributed by atoms with E-state index in [4.69, 9.17) is 11.6 Å². The Kier molecular flexibility index (Phi) is 2.78. The van der Waals surface area contributed by atoms with Gasteiger partial charge >= 0.3 is 0 Å². The molecule has 0 fully saturated rings. The Morgan fingerprint density at radius 3 is 3.00 bits per heavy atom. The number of ketones is 1. The van der Waals surface area contributed by atoms with Crippen LogP contribution in [-0.2, 0) is 11.2 Å². The topological polar surface area (TPSA) is 32.9 Å². The third-order valence-corrected chi connectivity index (χ3v) is 2.85. The summed E-state index contributed by atoms with van der Waals surface area (Å²) >= 11 is 6.02. The zero-order valence-corrected chi connectivity index (χ0v) is 9.27. The predicted molar refractivity (Wildman–Crippen MR) is 62.3 cm³/mol. The van der Waals surface area contributed by atoms with E-state index in [-0.39, 0.29) is 5.78 Å². The molecule has 0 saturated heterocycles. The number of hydrogen-bond donors (Lipinski definition) is 1. The van der Waals surface area contributed by atoms with Crippen molar-refractivity contribution in [3.8, 4) is 0 Å². The van der Waals surface area contributed by atoms with Gasteiger partial charge in [0.2, 0.25) is 0 Å². The van der Waals surface area contributed by atoms with Crippen LogP contribution >= 0.6 is 11.6 Å². The van der Waals surface area contributed by atoms with Gasteiger partial charge in [-0.05, 0) is 11.6 Å². The highest BCUT2D eigenvalue weighted by atomic mass is 35.5. The molecule has 0 aliphatic carbocycles. The van der Waals surface area contributed by atoms with Gasteiger partial charge in [-0.1, -0.05) is 30.7 Å². The summed E-state index contributed by atoms with van der Waals surface area (Å²) in [4.78, 5) is 14.5. The standard InChI is InChI=1S/C12H12ClNO/c1-2-9(15)6-8-7-14-12-10(8)4-3-5-11(12)13/h3-5,7,14H,2,6H2,1H3. The third-order valence-electron chi connectivity index (χ3n) is 2.53. The number of halogens is 1. The molecule has 2 nitrogen and oxygen atoms in total. The van der Waals surface area contributed by atoms with Crippen molar-refractivity contribution in [3.05, 3.63) is 35.0 Å². The second kappa shape index (κ2) is 4.07. The van der Waals surface area contributed by atoms with E-state index < -0.39 is 0 Å². The molecule has 2 rings (SSSR count). The number of rotatable bonds is 3. The van der Waals surface area contributed by atoms with Crippen LogP contribution in [0.2, 0.25) is 5.02 Å². The third kappa shape index (κ3) is 1.90. The van der Waals surface area contributed by atoms with Crippen LogP contribution in [-0.4, -0.2) is 10.8 Å². The largest absolute Gasteiger partial charge is 0.360 e. The van der Waals surface area contributed by atoms with Crippen molar-refractivity contribution >= 4 is 28.3 Å². The highest BCUT2D eigenvalue weighted by Crippen LogP contribution is 2.25. The Hall–Kier alpha value is -1.28. The fourth-order valence-electron chi connectivity index (χ4n) is 1.66. The molecule has 1 aromatic carbocycles. The van der Waals surface area contributed by atoms with Crippen LogP contribution in [0.15, 0.2) is 24.4 Å². The van der Waals surface area contributed by atoms with Crippen molar-refractivity contribution in [1.82, 2.24) is 4.98 Å². The molecular formula is C12H12ClNO. The van der Waals surface area contributed by atoms with Crippen molar-refractivity contribution in [2.24, 2.45) is 0 Å². The number of aromatic nitrogens is 1. The van der Waals surface area contributed by atoms with Crippen molar-refractivity contribution in [1.29, 1.82) is 0 Å². The van der Waals surface area contributed by atoms with Crippen molar-refractivity contribution < 1.29 is 4.79 Å². The number of nitrogens with one attached hydrogen (secondary N) is 1. The van der Waals surface area contributed by atoms with E-state index in [9.17, 15) is 4.79 Å². The maximum absolute atomic E-state index is 11.4. The van der Waals surface area contributed by atoms with Gasteiger partial charge < -0.3 is 4.98 Å². The molecule has 1 N–H and O–H groups in total. The van der Waals surface area contributed by atoms with Gasteiger partial charge in [0.25, 0.3) is 0 Å². The van der Waals surface area contributed by atoms with E-state index in [1.54, 1.807) is 0 Å². The number of hydrogen-bond acceptors (Lipinski definition) is 1. The minimum Gasteiger partial charge on any atom is -0.360 e. The maximum Gasteiger partial charge on any atom is 0.137 e. The fourth-order valence-corrected chi connectivity index (χ4v) is 1.89. The summed E-state index contributed by atoms with van der Waals surface area (Å²) in [5.74, 6) is 0.246. The summed E-state index contributed by atoms with van der Waals surface area (Å²) in [7, 11) is 0. The lowest BCUT2D eigenvalue weighted by Gasteiger charge is -1.97. The quantitative estimate of drug-likeness (QED) is 0.847. The molecule has 1 aromatic heterocycles. The van der Waals surface area contributed by atoms with E-state index in [2.05, 4.69) is 4.98 Å². The summed E-state index contributed by atoms with van der Waals surface area (Å²) in [6.07, 6.45) is 2.92. The molecule has 1 heterocycles. The first-order valence-corrected chi connectivity index (χ1v) is 5.36. The van der Waals surface area contributed by atoms with Gasteiger partial charge in [-0.25, -0.2) is 0 Å². The summed E-state index contributed by atoms with van der Waals surface area (Å²) < 4.78 is 0. The van der Waals surface area contributed by atoms with Crippen LogP contribution in [0.3, 0.4) is 0 Å². The van der Waals surface area contributed by atoms with Gasteiger partial charge in [-0.3, -0.25) is 4.79 Å². The molecule has 0 atom stereocenters. The van der Waals surface area contributed by atoms with Crippen LogP contribution in [0, 0.1) is 0 Å². The normalized spacial score (nSPS) is 10.8. The molecule has 3 heteroatoms. The highest BCUT2D eigenvalue weighted by Gasteiger charge is 2.08. The second-order valence-corrected chi connectivity index (χ2v) is 3.95. The average Bonchev–Trinajstić information content (AvgIpc) is 2.63. The van der Waals surface area contributed by atoms with Gasteiger partial charge in [-0.2, -0.15) is 0 Å². The number of carbonyl (C=O) groups excluding carboxylic acids is 1. The number of Topliss-reactive ketones (excluding diaryl/α,β-unsaturated/α-hetero) is 1. The highest BCUT2D eigenvalue weighted by molar-refractivity contribution is 6.35. The molecule has 2 aromatic rings. The first kappa shape index (κ1) is 10.2. The Balaban J connectivity index is 2.45. The van der Waals surface area contributed by atoms with E-state index >= 15 is 0 Å². The Morgan fingerprint density at radius 1 is 1.47 bits per heavy atom. The Labute approximate surface area is 93.2 Å². The van der Waals surface area contributed by atoms with Crippen molar-refractivity contribution in [3.63, 3.8) is 0 Å². The first-order chi connectivity index (χ1) is 7.22. The maximum atomic E-state index is 11.4. The van der Waals surface area contributed by atoms with Crippen LogP contribution in [0.4, 0.5) is 0 Å². The molecule has 0 radical (unpaired) electrons. The minimum atomic E-state index is 0.246. The minimum absolute atomic E-state index is 0.246. The molecule has 15 heavy (non-hydrogen) atoms. The molecule has 0 bridgehead atoms. The average molecular weight is 222 g/mol. The van der Waals surface area contributed by atoms with Crippen molar-refractivity contribution in [2.45, 2.75) is 19.8 Å². The van der Waals surface area contributed by atoms with Crippen LogP contribution in [0.1, 0.15) is 18.9 Å². The number of fused-ring (bicyclic) bond motifs is 1. The molecular weight excluding hydrogens is 210 g/mol. The van der Waals surface area contributed by atoms with Crippen LogP contribution in [0.25, 0.3) is 10.9 Å². The summed E-state index contributed by atoms with van der Waals surface area (Å²) in [5, 5.41) is 1.74. The number of carbonyl (C=O) groups is 1. The van der Waals surface area contributed by atoms with Gasteiger partial charge in [0.1, 0.15) is 5.78 Å². The molecule has 0 unspecified atom stereocenters.